The number of hydrogen-bond acceptors (Lipinski definition) is 5. The lowest BCUT2D eigenvalue weighted by Gasteiger charge is -2.38. The van der Waals surface area contributed by atoms with E-state index in [2.05, 4.69) is 81.8 Å². The smallest absolute Gasteiger partial charge is 0.226 e. The molecule has 2 atom stereocenters. The number of aryl methyl sites for hydroxylation is 1. The summed E-state index contributed by atoms with van der Waals surface area (Å²) in [7, 11) is 1.83. The van der Waals surface area contributed by atoms with Gasteiger partial charge in [-0.05, 0) is 31.7 Å². The van der Waals surface area contributed by atoms with Crippen molar-refractivity contribution in [1.82, 2.24) is 25.7 Å². The average Bonchev–Trinajstić information content (AvgIpc) is 3.22. The number of aliphatic imine (C=N–C) groups is 1. The van der Waals surface area contributed by atoms with Gasteiger partial charge in [0.1, 0.15) is 0 Å². The van der Waals surface area contributed by atoms with Crippen LogP contribution < -0.4 is 10.6 Å². The molecule has 164 valence electrons. The van der Waals surface area contributed by atoms with Crippen LogP contribution in [0.5, 0.6) is 0 Å². The number of guanidine groups is 1. The summed E-state index contributed by atoms with van der Waals surface area (Å²) in [4.78, 5) is 11.4. The van der Waals surface area contributed by atoms with Crippen molar-refractivity contribution in [2.24, 2.45) is 4.99 Å². The van der Waals surface area contributed by atoms with Crippen molar-refractivity contribution in [3.8, 4) is 0 Å². The van der Waals surface area contributed by atoms with Gasteiger partial charge in [0.05, 0.1) is 0 Å². The van der Waals surface area contributed by atoms with Crippen LogP contribution in [-0.2, 0) is 13.0 Å². The maximum absolute atomic E-state index is 5.31. The molecule has 2 unspecified atom stereocenters. The van der Waals surface area contributed by atoms with Gasteiger partial charge in [0.2, 0.25) is 5.89 Å². The molecule has 7 nitrogen and oxygen atoms in total. The third-order valence-electron chi connectivity index (χ3n) is 5.67. The van der Waals surface area contributed by atoms with Crippen LogP contribution in [0.3, 0.4) is 0 Å². The van der Waals surface area contributed by atoms with Crippen molar-refractivity contribution in [3.05, 3.63) is 47.6 Å². The van der Waals surface area contributed by atoms with Crippen LogP contribution in [0.15, 0.2) is 39.8 Å². The Kier molecular flexibility index (Phi) is 8.25. The van der Waals surface area contributed by atoms with Crippen molar-refractivity contribution < 1.29 is 4.52 Å². The Balaban J connectivity index is 1.37. The fourth-order valence-corrected chi connectivity index (χ4v) is 3.84. The first-order chi connectivity index (χ1) is 14.5. The molecule has 2 aromatic rings. The number of aromatic nitrogens is 2. The first-order valence-corrected chi connectivity index (χ1v) is 11.1. The third-order valence-corrected chi connectivity index (χ3v) is 5.67. The summed E-state index contributed by atoms with van der Waals surface area (Å²) in [5.41, 5.74) is 1.38. The molecule has 0 aliphatic carbocycles. The number of likely N-dealkylation sites (tertiary alicyclic amines) is 1. The van der Waals surface area contributed by atoms with E-state index in [4.69, 9.17) is 4.52 Å². The minimum atomic E-state index is 0.296. The Morgan fingerprint density at radius 2 is 2.10 bits per heavy atom. The highest BCUT2D eigenvalue weighted by Crippen LogP contribution is 2.20. The summed E-state index contributed by atoms with van der Waals surface area (Å²) in [5.74, 6) is 2.66. The highest BCUT2D eigenvalue weighted by atomic mass is 16.5. The Bertz CT molecular complexity index is 788. The van der Waals surface area contributed by atoms with Crippen molar-refractivity contribution in [2.45, 2.75) is 71.0 Å². The van der Waals surface area contributed by atoms with Crippen LogP contribution >= 0.6 is 0 Å². The van der Waals surface area contributed by atoms with E-state index in [1.165, 1.54) is 5.56 Å². The summed E-state index contributed by atoms with van der Waals surface area (Å²) in [6, 6.07) is 11.7. The Labute approximate surface area is 180 Å². The zero-order valence-electron chi connectivity index (χ0n) is 18.8. The van der Waals surface area contributed by atoms with E-state index in [1.54, 1.807) is 0 Å². The van der Waals surface area contributed by atoms with Crippen molar-refractivity contribution in [1.29, 1.82) is 0 Å². The molecule has 1 fully saturated rings. The molecule has 1 aliphatic heterocycles. The first kappa shape index (κ1) is 22.3. The van der Waals surface area contributed by atoms with Crippen molar-refractivity contribution in [3.63, 3.8) is 0 Å². The number of hydrogen-bond donors (Lipinski definition) is 2. The quantitative estimate of drug-likeness (QED) is 0.393. The number of piperidine rings is 1. The summed E-state index contributed by atoms with van der Waals surface area (Å²) < 4.78 is 5.31. The summed E-state index contributed by atoms with van der Waals surface area (Å²) in [6.45, 7) is 9.40. The van der Waals surface area contributed by atoms with E-state index >= 15 is 0 Å². The lowest BCUT2D eigenvalue weighted by atomic mass is 9.97. The van der Waals surface area contributed by atoms with Crippen LogP contribution in [0.4, 0.5) is 0 Å². The molecule has 0 spiro atoms. The lowest BCUT2D eigenvalue weighted by Crippen LogP contribution is -2.51. The molecule has 2 heterocycles. The zero-order chi connectivity index (χ0) is 21.3. The topological polar surface area (TPSA) is 78.6 Å². The SMILES string of the molecule is CN=C(NCCCc1nc(C(C)C)no1)NC1CCN(Cc2ccccc2)C(C)C1. The van der Waals surface area contributed by atoms with E-state index in [1.807, 2.05) is 7.05 Å². The van der Waals surface area contributed by atoms with Gasteiger partial charge < -0.3 is 15.2 Å². The molecule has 1 saturated heterocycles. The van der Waals surface area contributed by atoms with Gasteiger partial charge in [-0.1, -0.05) is 49.3 Å². The molecule has 0 radical (unpaired) electrons. The zero-order valence-corrected chi connectivity index (χ0v) is 18.8. The molecule has 1 aromatic carbocycles. The molecular weight excluding hydrogens is 376 g/mol. The van der Waals surface area contributed by atoms with E-state index in [0.717, 1.165) is 57.1 Å². The van der Waals surface area contributed by atoms with Gasteiger partial charge in [-0.2, -0.15) is 4.98 Å². The Morgan fingerprint density at radius 3 is 2.77 bits per heavy atom. The minimum absolute atomic E-state index is 0.296. The maximum Gasteiger partial charge on any atom is 0.226 e. The van der Waals surface area contributed by atoms with E-state index in [-0.39, 0.29) is 0 Å². The standard InChI is InChI=1S/C23H36N6O/c1-17(2)22-27-21(30-28-22)11-8-13-25-23(24-4)26-20-12-14-29(18(3)15-20)16-19-9-6-5-7-10-19/h5-7,9-10,17-18,20H,8,11-16H2,1-4H3,(H2,24,25,26). The second kappa shape index (κ2) is 11.1. The minimum Gasteiger partial charge on any atom is -0.356 e. The number of benzene rings is 1. The summed E-state index contributed by atoms with van der Waals surface area (Å²) >= 11 is 0. The van der Waals surface area contributed by atoms with E-state index < -0.39 is 0 Å². The summed E-state index contributed by atoms with van der Waals surface area (Å²) in [5, 5.41) is 11.0. The average molecular weight is 413 g/mol. The van der Waals surface area contributed by atoms with Crippen LogP contribution in [0, 0.1) is 0 Å². The van der Waals surface area contributed by atoms with Gasteiger partial charge >= 0.3 is 0 Å². The Morgan fingerprint density at radius 1 is 1.30 bits per heavy atom. The number of nitrogens with one attached hydrogen (secondary N) is 2. The maximum atomic E-state index is 5.31. The third kappa shape index (κ3) is 6.55. The van der Waals surface area contributed by atoms with E-state index in [9.17, 15) is 0 Å². The van der Waals surface area contributed by atoms with Gasteiger partial charge in [-0.25, -0.2) is 0 Å². The monoisotopic (exact) mass is 412 g/mol. The molecule has 1 aliphatic rings. The lowest BCUT2D eigenvalue weighted by molar-refractivity contribution is 0.134. The molecule has 2 N–H and O–H groups in total. The van der Waals surface area contributed by atoms with Crippen LogP contribution in [-0.4, -0.2) is 53.2 Å². The molecular formula is C23H36N6O. The van der Waals surface area contributed by atoms with Crippen LogP contribution in [0.2, 0.25) is 0 Å². The van der Waals surface area contributed by atoms with Gasteiger partial charge in [-0.3, -0.25) is 9.89 Å². The highest BCUT2D eigenvalue weighted by Gasteiger charge is 2.25. The second-order valence-electron chi connectivity index (χ2n) is 8.47. The van der Waals surface area contributed by atoms with Crippen molar-refractivity contribution >= 4 is 5.96 Å². The predicted octanol–water partition coefficient (Wildman–Crippen LogP) is 3.34. The second-order valence-corrected chi connectivity index (χ2v) is 8.47. The molecule has 7 heteroatoms. The molecule has 1 aromatic heterocycles. The molecule has 30 heavy (non-hydrogen) atoms. The van der Waals surface area contributed by atoms with E-state index in [0.29, 0.717) is 23.9 Å². The Hall–Kier alpha value is -2.41. The van der Waals surface area contributed by atoms with Gasteiger partial charge in [0.25, 0.3) is 0 Å². The normalized spacial score (nSPS) is 20.5. The molecule has 0 amide bonds. The van der Waals surface area contributed by atoms with Crippen LogP contribution in [0.25, 0.3) is 0 Å². The largest absolute Gasteiger partial charge is 0.356 e. The van der Waals surface area contributed by atoms with Gasteiger partial charge in [0.15, 0.2) is 11.8 Å². The summed E-state index contributed by atoms with van der Waals surface area (Å²) in [6.07, 6.45) is 3.94. The first-order valence-electron chi connectivity index (χ1n) is 11.1. The van der Waals surface area contributed by atoms with Gasteiger partial charge in [-0.15, -0.1) is 0 Å². The van der Waals surface area contributed by atoms with Crippen LogP contribution in [0.1, 0.15) is 63.2 Å². The predicted molar refractivity (Wildman–Crippen MR) is 121 cm³/mol. The molecule has 3 rings (SSSR count). The van der Waals surface area contributed by atoms with Gasteiger partial charge in [0, 0.05) is 51.1 Å². The van der Waals surface area contributed by atoms with Crippen molar-refractivity contribution in [2.75, 3.05) is 20.1 Å². The fourth-order valence-electron chi connectivity index (χ4n) is 3.84. The molecule has 0 saturated carbocycles. The highest BCUT2D eigenvalue weighted by molar-refractivity contribution is 5.79. The fraction of sp³-hybridized carbons (Fsp3) is 0.609. The number of rotatable bonds is 8. The number of nitrogens with zero attached hydrogens (tertiary/aromatic N) is 4. The molecule has 0 bridgehead atoms.